The third kappa shape index (κ3) is 4.01. The Hall–Kier alpha value is -1.68. The molecule has 1 amide bonds. The van der Waals surface area contributed by atoms with Gasteiger partial charge in [-0.15, -0.1) is 0 Å². The number of methoxy groups -OCH3 is 1. The third-order valence-electron chi connectivity index (χ3n) is 5.85. The maximum Gasteiger partial charge on any atom is 0.328 e. The molecule has 1 aliphatic heterocycles. The number of benzene rings is 1. The van der Waals surface area contributed by atoms with Crippen LogP contribution in [0.5, 0.6) is 0 Å². The summed E-state index contributed by atoms with van der Waals surface area (Å²) in [7, 11) is -0.280. The topological polar surface area (TPSA) is 93.2 Å². The molecule has 1 aromatic rings. The molecule has 0 N–H and O–H groups in total. The SMILES string of the molecule is COC(=O)C1CC2CCCCC2N1C(=O)c1ccc(Cl)c(S(=O)(=O)N(C)OC)c1. The molecule has 0 spiro atoms. The number of esters is 1. The molecule has 0 bridgehead atoms. The van der Waals surface area contributed by atoms with Crippen molar-refractivity contribution < 1.29 is 27.6 Å². The van der Waals surface area contributed by atoms with Crippen LogP contribution in [0.25, 0.3) is 0 Å². The van der Waals surface area contributed by atoms with Crippen LogP contribution in [0.1, 0.15) is 42.5 Å². The number of hydrogen-bond donors (Lipinski definition) is 0. The number of nitrogens with zero attached hydrogens (tertiary/aromatic N) is 2. The first kappa shape index (κ1) is 22.0. The van der Waals surface area contributed by atoms with E-state index in [1.54, 1.807) is 4.90 Å². The Bertz CT molecular complexity index is 906. The van der Waals surface area contributed by atoms with Crippen molar-refractivity contribution >= 4 is 33.5 Å². The highest BCUT2D eigenvalue weighted by atomic mass is 35.5. The molecule has 2 fully saturated rings. The predicted molar refractivity (Wildman–Crippen MR) is 106 cm³/mol. The molecule has 3 atom stereocenters. The maximum absolute atomic E-state index is 13.4. The van der Waals surface area contributed by atoms with E-state index in [1.807, 2.05) is 0 Å². The highest BCUT2D eigenvalue weighted by Gasteiger charge is 2.48. The third-order valence-corrected chi connectivity index (χ3v) is 8.01. The number of sulfonamides is 1. The molecule has 1 saturated carbocycles. The average Bonchev–Trinajstić information content (AvgIpc) is 3.11. The van der Waals surface area contributed by atoms with Gasteiger partial charge in [0.25, 0.3) is 15.9 Å². The van der Waals surface area contributed by atoms with Crippen LogP contribution < -0.4 is 0 Å². The molecule has 1 heterocycles. The van der Waals surface area contributed by atoms with E-state index in [4.69, 9.17) is 21.2 Å². The highest BCUT2D eigenvalue weighted by Crippen LogP contribution is 2.41. The summed E-state index contributed by atoms with van der Waals surface area (Å²) in [5.41, 5.74) is 0.151. The van der Waals surface area contributed by atoms with E-state index in [1.165, 1.54) is 39.5 Å². The van der Waals surface area contributed by atoms with E-state index in [0.717, 1.165) is 25.7 Å². The van der Waals surface area contributed by atoms with Crippen LogP contribution in [-0.2, 0) is 24.4 Å². The lowest BCUT2D eigenvalue weighted by Crippen LogP contribution is -2.46. The normalized spacial score (nSPS) is 24.4. The molecule has 8 nitrogen and oxygen atoms in total. The minimum atomic E-state index is -4.04. The van der Waals surface area contributed by atoms with Gasteiger partial charge in [-0.05, 0) is 43.4 Å². The fourth-order valence-electron chi connectivity index (χ4n) is 4.32. The van der Waals surface area contributed by atoms with Gasteiger partial charge in [0.2, 0.25) is 0 Å². The van der Waals surface area contributed by atoms with Crippen molar-refractivity contribution in [1.29, 1.82) is 0 Å². The summed E-state index contributed by atoms with van der Waals surface area (Å²) in [4.78, 5) is 31.9. The first-order valence-electron chi connectivity index (χ1n) is 9.45. The number of halogens is 1. The van der Waals surface area contributed by atoms with Crippen molar-refractivity contribution in [2.75, 3.05) is 21.3 Å². The van der Waals surface area contributed by atoms with E-state index in [-0.39, 0.29) is 27.4 Å². The predicted octanol–water partition coefficient (Wildman–Crippen LogP) is 2.47. The van der Waals surface area contributed by atoms with Gasteiger partial charge in [-0.25, -0.2) is 13.2 Å². The summed E-state index contributed by atoms with van der Waals surface area (Å²) in [6.45, 7) is 0. The van der Waals surface area contributed by atoms with Crippen molar-refractivity contribution in [1.82, 2.24) is 9.37 Å². The molecule has 3 rings (SSSR count). The van der Waals surface area contributed by atoms with Crippen LogP contribution in [-0.4, -0.2) is 63.0 Å². The van der Waals surface area contributed by atoms with Gasteiger partial charge in [0.1, 0.15) is 10.9 Å². The minimum Gasteiger partial charge on any atom is -0.467 e. The molecule has 1 saturated heterocycles. The lowest BCUT2D eigenvalue weighted by molar-refractivity contribution is -0.145. The highest BCUT2D eigenvalue weighted by molar-refractivity contribution is 7.89. The Morgan fingerprint density at radius 3 is 2.55 bits per heavy atom. The van der Waals surface area contributed by atoms with Gasteiger partial charge in [0, 0.05) is 18.7 Å². The number of hydrogen-bond acceptors (Lipinski definition) is 6. The van der Waals surface area contributed by atoms with Gasteiger partial charge in [0.15, 0.2) is 0 Å². The summed E-state index contributed by atoms with van der Waals surface area (Å²) in [6.07, 6.45) is 4.39. The molecule has 0 radical (unpaired) electrons. The Balaban J connectivity index is 2.00. The van der Waals surface area contributed by atoms with Gasteiger partial charge in [-0.3, -0.25) is 9.63 Å². The second kappa shape index (κ2) is 8.59. The van der Waals surface area contributed by atoms with Gasteiger partial charge in [-0.1, -0.05) is 28.9 Å². The summed E-state index contributed by atoms with van der Waals surface area (Å²) in [5.74, 6) is -0.608. The molecule has 0 aromatic heterocycles. The number of amides is 1. The van der Waals surface area contributed by atoms with Crippen molar-refractivity contribution in [3.8, 4) is 0 Å². The summed E-state index contributed by atoms with van der Waals surface area (Å²) < 4.78 is 30.9. The molecule has 160 valence electrons. The van der Waals surface area contributed by atoms with Crippen molar-refractivity contribution in [2.45, 2.75) is 49.1 Å². The van der Waals surface area contributed by atoms with Crippen LogP contribution in [0, 0.1) is 5.92 Å². The Morgan fingerprint density at radius 1 is 1.21 bits per heavy atom. The Kier molecular flexibility index (Phi) is 6.52. The zero-order valence-electron chi connectivity index (χ0n) is 16.6. The first-order chi connectivity index (χ1) is 13.7. The van der Waals surface area contributed by atoms with Gasteiger partial charge < -0.3 is 9.64 Å². The van der Waals surface area contributed by atoms with Gasteiger partial charge in [0.05, 0.1) is 19.2 Å². The molecule has 2 aliphatic rings. The number of carbonyl (C=O) groups is 2. The number of rotatable bonds is 5. The van der Waals surface area contributed by atoms with Crippen LogP contribution in [0.3, 0.4) is 0 Å². The van der Waals surface area contributed by atoms with Crippen LogP contribution in [0.15, 0.2) is 23.1 Å². The molecular formula is C19H25ClN2O6S. The smallest absolute Gasteiger partial charge is 0.328 e. The second-order valence-electron chi connectivity index (χ2n) is 7.34. The summed E-state index contributed by atoms with van der Waals surface area (Å²) in [5, 5.41) is -0.0214. The van der Waals surface area contributed by atoms with Crippen LogP contribution in [0.4, 0.5) is 0 Å². The van der Waals surface area contributed by atoms with E-state index in [9.17, 15) is 18.0 Å². The zero-order valence-corrected chi connectivity index (χ0v) is 18.2. The fraction of sp³-hybridized carbons (Fsp3) is 0.579. The molecular weight excluding hydrogens is 420 g/mol. The second-order valence-corrected chi connectivity index (χ2v) is 9.65. The fourth-order valence-corrected chi connectivity index (χ4v) is 5.79. The Morgan fingerprint density at radius 2 is 1.90 bits per heavy atom. The molecule has 1 aromatic carbocycles. The molecule has 1 aliphatic carbocycles. The van der Waals surface area contributed by atoms with Crippen LogP contribution >= 0.6 is 11.6 Å². The monoisotopic (exact) mass is 444 g/mol. The zero-order chi connectivity index (χ0) is 21.3. The molecule has 10 heteroatoms. The minimum absolute atomic E-state index is 0.0214. The maximum atomic E-state index is 13.4. The van der Waals surface area contributed by atoms with E-state index < -0.39 is 27.9 Å². The lowest BCUT2D eigenvalue weighted by Gasteiger charge is -2.33. The van der Waals surface area contributed by atoms with Crippen LogP contribution in [0.2, 0.25) is 5.02 Å². The first-order valence-corrected chi connectivity index (χ1v) is 11.3. The van der Waals surface area contributed by atoms with Crippen molar-refractivity contribution in [3.63, 3.8) is 0 Å². The van der Waals surface area contributed by atoms with Gasteiger partial charge >= 0.3 is 5.97 Å². The summed E-state index contributed by atoms with van der Waals surface area (Å²) >= 11 is 6.10. The molecule has 29 heavy (non-hydrogen) atoms. The van der Waals surface area contributed by atoms with E-state index in [2.05, 4.69) is 0 Å². The lowest BCUT2D eigenvalue weighted by atomic mass is 9.84. The summed E-state index contributed by atoms with van der Waals surface area (Å²) in [6, 6.07) is 3.35. The van der Waals surface area contributed by atoms with E-state index in [0.29, 0.717) is 10.9 Å². The quantitative estimate of drug-likeness (QED) is 0.511. The average molecular weight is 445 g/mol. The van der Waals surface area contributed by atoms with E-state index >= 15 is 0 Å². The molecule has 3 unspecified atom stereocenters. The number of carbonyl (C=O) groups excluding carboxylic acids is 2. The largest absolute Gasteiger partial charge is 0.467 e. The number of hydroxylamine groups is 1. The van der Waals surface area contributed by atoms with Crippen molar-refractivity contribution in [3.05, 3.63) is 28.8 Å². The van der Waals surface area contributed by atoms with Gasteiger partial charge in [-0.2, -0.15) is 0 Å². The standard InChI is InChI=1S/C19H25ClN2O6S/c1-21(28-3)29(25,26)17-11-13(8-9-14(17)20)18(23)22-15-7-5-4-6-12(15)10-16(22)19(24)27-2/h8-9,11-12,15-16H,4-7,10H2,1-3H3. The number of likely N-dealkylation sites (tertiary alicyclic amines) is 1. The number of ether oxygens (including phenoxy) is 1. The van der Waals surface area contributed by atoms with Crippen molar-refractivity contribution in [2.24, 2.45) is 5.92 Å². The Labute approximate surface area is 175 Å². The number of fused-ring (bicyclic) bond motifs is 1.